The highest BCUT2D eigenvalue weighted by atomic mass is 79.9. The zero-order valence-corrected chi connectivity index (χ0v) is 13.6. The molecule has 0 spiro atoms. The number of hydrogen-bond acceptors (Lipinski definition) is 4. The molecule has 3 amide bonds. The molecule has 0 fully saturated rings. The van der Waals surface area contributed by atoms with Crippen molar-refractivity contribution in [2.45, 2.75) is 26.4 Å². The van der Waals surface area contributed by atoms with Gasteiger partial charge in [0, 0.05) is 18.0 Å². The Morgan fingerprint density at radius 2 is 2.16 bits per heavy atom. The summed E-state index contributed by atoms with van der Waals surface area (Å²) in [6, 6.07) is 3.17. The molecule has 0 saturated heterocycles. The molecule has 106 valence electrons. The van der Waals surface area contributed by atoms with E-state index in [0.717, 1.165) is 8.66 Å². The first-order valence-electron chi connectivity index (χ1n) is 5.97. The Morgan fingerprint density at radius 3 is 2.68 bits per heavy atom. The molecule has 0 aliphatic rings. The lowest BCUT2D eigenvalue weighted by Crippen LogP contribution is -2.48. The SMILES string of the molecule is CCNC(=O)NC(=O)[C@H](C)N(C)Cc1ccc(Br)s1. The van der Waals surface area contributed by atoms with Crippen molar-refractivity contribution in [2.75, 3.05) is 13.6 Å². The fraction of sp³-hybridized carbons (Fsp3) is 0.500. The van der Waals surface area contributed by atoms with Crippen LogP contribution in [-0.2, 0) is 11.3 Å². The van der Waals surface area contributed by atoms with Gasteiger partial charge in [-0.15, -0.1) is 11.3 Å². The maximum atomic E-state index is 11.8. The van der Waals surface area contributed by atoms with Crippen molar-refractivity contribution >= 4 is 39.2 Å². The fourth-order valence-corrected chi connectivity index (χ4v) is 2.99. The van der Waals surface area contributed by atoms with Crippen LogP contribution in [0.3, 0.4) is 0 Å². The zero-order valence-electron chi connectivity index (χ0n) is 11.2. The summed E-state index contributed by atoms with van der Waals surface area (Å²) in [7, 11) is 1.86. The van der Waals surface area contributed by atoms with Gasteiger partial charge in [0.2, 0.25) is 5.91 Å². The molecule has 2 N–H and O–H groups in total. The molecule has 0 aliphatic heterocycles. The Morgan fingerprint density at radius 1 is 1.47 bits per heavy atom. The average molecular weight is 348 g/mol. The van der Waals surface area contributed by atoms with Crippen LogP contribution in [0, 0.1) is 0 Å². The molecule has 0 aliphatic carbocycles. The molecule has 19 heavy (non-hydrogen) atoms. The van der Waals surface area contributed by atoms with Crippen LogP contribution in [-0.4, -0.2) is 36.5 Å². The molecule has 1 aromatic heterocycles. The Hall–Kier alpha value is -0.920. The lowest BCUT2D eigenvalue weighted by atomic mass is 10.2. The number of carbonyl (C=O) groups is 2. The molecule has 5 nitrogen and oxygen atoms in total. The van der Waals surface area contributed by atoms with E-state index in [2.05, 4.69) is 26.6 Å². The topological polar surface area (TPSA) is 61.4 Å². The number of rotatable bonds is 5. The maximum absolute atomic E-state index is 11.8. The van der Waals surface area contributed by atoms with Crippen molar-refractivity contribution in [1.29, 1.82) is 0 Å². The number of urea groups is 1. The first-order chi connectivity index (χ1) is 8.93. The van der Waals surface area contributed by atoms with Crippen molar-refractivity contribution < 1.29 is 9.59 Å². The highest BCUT2D eigenvalue weighted by Crippen LogP contribution is 2.23. The number of likely N-dealkylation sites (N-methyl/N-ethyl adjacent to an activating group) is 1. The van der Waals surface area contributed by atoms with E-state index >= 15 is 0 Å². The molecule has 7 heteroatoms. The summed E-state index contributed by atoms with van der Waals surface area (Å²) in [5, 5.41) is 4.85. The lowest BCUT2D eigenvalue weighted by Gasteiger charge is -2.22. The van der Waals surface area contributed by atoms with Crippen molar-refractivity contribution in [1.82, 2.24) is 15.5 Å². The third kappa shape index (κ3) is 5.30. The number of amides is 3. The van der Waals surface area contributed by atoms with Crippen molar-refractivity contribution in [3.8, 4) is 0 Å². The van der Waals surface area contributed by atoms with Crippen LogP contribution in [0.15, 0.2) is 15.9 Å². The molecule has 1 atom stereocenters. The van der Waals surface area contributed by atoms with Crippen molar-refractivity contribution in [2.24, 2.45) is 0 Å². The third-order valence-corrected chi connectivity index (χ3v) is 4.26. The van der Waals surface area contributed by atoms with E-state index in [-0.39, 0.29) is 11.9 Å². The quantitative estimate of drug-likeness (QED) is 0.857. The second-order valence-electron chi connectivity index (χ2n) is 4.15. The summed E-state index contributed by atoms with van der Waals surface area (Å²) in [6.45, 7) is 4.73. The van der Waals surface area contributed by atoms with Gasteiger partial charge in [-0.25, -0.2) is 4.79 Å². The van der Waals surface area contributed by atoms with Crippen LogP contribution in [0.25, 0.3) is 0 Å². The van der Waals surface area contributed by atoms with Gasteiger partial charge < -0.3 is 5.32 Å². The van der Waals surface area contributed by atoms with Gasteiger partial charge in [0.05, 0.1) is 9.83 Å². The van der Waals surface area contributed by atoms with E-state index in [1.165, 1.54) is 0 Å². The first-order valence-corrected chi connectivity index (χ1v) is 7.58. The number of nitrogens with one attached hydrogen (secondary N) is 2. The molecule has 0 radical (unpaired) electrons. The van der Waals surface area contributed by atoms with Gasteiger partial charge in [-0.2, -0.15) is 0 Å². The molecule has 1 heterocycles. The number of hydrogen-bond donors (Lipinski definition) is 2. The highest BCUT2D eigenvalue weighted by molar-refractivity contribution is 9.11. The van der Waals surface area contributed by atoms with Crippen LogP contribution in [0.5, 0.6) is 0 Å². The smallest absolute Gasteiger partial charge is 0.321 e. The second kappa shape index (κ2) is 7.62. The number of nitrogens with zero attached hydrogens (tertiary/aromatic N) is 1. The van der Waals surface area contributed by atoms with Gasteiger partial charge in [-0.05, 0) is 49.0 Å². The molecule has 0 saturated carbocycles. The molecular weight excluding hydrogens is 330 g/mol. The number of halogens is 1. The minimum atomic E-state index is -0.452. The molecule has 1 aromatic rings. The number of carbonyl (C=O) groups excluding carboxylic acids is 2. The van der Waals surface area contributed by atoms with Crippen molar-refractivity contribution in [3.63, 3.8) is 0 Å². The number of imide groups is 1. The minimum Gasteiger partial charge on any atom is -0.338 e. The van der Waals surface area contributed by atoms with Crippen molar-refractivity contribution in [3.05, 3.63) is 20.8 Å². The van der Waals surface area contributed by atoms with E-state index in [1.54, 1.807) is 25.2 Å². The summed E-state index contributed by atoms with van der Waals surface area (Å²) in [6.07, 6.45) is 0. The Balaban J connectivity index is 2.49. The lowest BCUT2D eigenvalue weighted by molar-refractivity contribution is -0.124. The van der Waals surface area contributed by atoms with E-state index in [4.69, 9.17) is 0 Å². The van der Waals surface area contributed by atoms with Gasteiger partial charge >= 0.3 is 6.03 Å². The van der Waals surface area contributed by atoms with Gasteiger partial charge in [0.25, 0.3) is 0 Å². The monoisotopic (exact) mass is 347 g/mol. The summed E-state index contributed by atoms with van der Waals surface area (Å²) in [5.74, 6) is -0.302. The van der Waals surface area contributed by atoms with Crippen LogP contribution in [0.4, 0.5) is 4.79 Å². The summed E-state index contributed by atoms with van der Waals surface area (Å²) in [5.41, 5.74) is 0. The van der Waals surface area contributed by atoms with E-state index < -0.39 is 6.03 Å². The fourth-order valence-electron chi connectivity index (χ4n) is 1.44. The van der Waals surface area contributed by atoms with E-state index in [0.29, 0.717) is 13.1 Å². The summed E-state index contributed by atoms with van der Waals surface area (Å²) >= 11 is 5.04. The highest BCUT2D eigenvalue weighted by Gasteiger charge is 2.20. The first kappa shape index (κ1) is 16.1. The largest absolute Gasteiger partial charge is 0.338 e. The van der Waals surface area contributed by atoms with Crippen LogP contribution in [0.1, 0.15) is 18.7 Å². The minimum absolute atomic E-state index is 0.302. The van der Waals surface area contributed by atoms with Crippen LogP contribution >= 0.6 is 27.3 Å². The average Bonchev–Trinajstić information content (AvgIpc) is 2.73. The van der Waals surface area contributed by atoms with Crippen LogP contribution in [0.2, 0.25) is 0 Å². The Bertz CT molecular complexity index is 450. The van der Waals surface area contributed by atoms with E-state index in [9.17, 15) is 9.59 Å². The predicted molar refractivity (Wildman–Crippen MR) is 80.2 cm³/mol. The Labute approximate surface area is 125 Å². The molecule has 1 rings (SSSR count). The molecular formula is C12H18BrN3O2S. The maximum Gasteiger partial charge on any atom is 0.321 e. The third-order valence-electron chi connectivity index (χ3n) is 2.65. The van der Waals surface area contributed by atoms with Gasteiger partial charge in [-0.3, -0.25) is 15.0 Å². The van der Waals surface area contributed by atoms with Gasteiger partial charge in [0.15, 0.2) is 0 Å². The molecule has 0 bridgehead atoms. The standard InChI is InChI=1S/C12H18BrN3O2S/c1-4-14-12(18)15-11(17)8(2)16(3)7-9-5-6-10(13)19-9/h5-6,8H,4,7H2,1-3H3,(H2,14,15,17,18)/t8-/m0/s1. The second-order valence-corrected chi connectivity index (χ2v) is 6.69. The molecule has 0 unspecified atom stereocenters. The Kier molecular flexibility index (Phi) is 6.47. The van der Waals surface area contributed by atoms with E-state index in [1.807, 2.05) is 24.1 Å². The number of thiophene rings is 1. The van der Waals surface area contributed by atoms with Gasteiger partial charge in [0.1, 0.15) is 0 Å². The normalized spacial score (nSPS) is 12.3. The summed E-state index contributed by atoms with van der Waals surface area (Å²) < 4.78 is 1.07. The van der Waals surface area contributed by atoms with Crippen LogP contribution < -0.4 is 10.6 Å². The zero-order chi connectivity index (χ0) is 14.4. The van der Waals surface area contributed by atoms with Gasteiger partial charge in [-0.1, -0.05) is 0 Å². The molecule has 0 aromatic carbocycles. The predicted octanol–water partition coefficient (Wildman–Crippen LogP) is 2.18. The summed E-state index contributed by atoms with van der Waals surface area (Å²) in [4.78, 5) is 26.2.